The largest absolute Gasteiger partial charge is 0.480 e. The van der Waals surface area contributed by atoms with E-state index in [-0.39, 0.29) is 12.5 Å². The molecule has 0 saturated carbocycles. The second kappa shape index (κ2) is 7.94. The van der Waals surface area contributed by atoms with Crippen LogP contribution in [0.15, 0.2) is 60.9 Å². The number of para-hydroxylation sites is 2. The Hall–Kier alpha value is -3.66. The highest BCUT2D eigenvalue weighted by atomic mass is 16.5. The predicted molar refractivity (Wildman–Crippen MR) is 94.5 cm³/mol. The first-order valence-electron chi connectivity index (χ1n) is 8.07. The van der Waals surface area contributed by atoms with Crippen molar-refractivity contribution in [1.29, 1.82) is 5.26 Å². The van der Waals surface area contributed by atoms with Gasteiger partial charge in [0.25, 0.3) is 5.91 Å². The number of amides is 1. The molecule has 0 radical (unpaired) electrons. The SMILES string of the molecule is CC(Oc1ccccc1C#N)C(=O)NCc1nncn1-c1ccccc1. The number of nitrogens with zero attached hydrogens (tertiary/aromatic N) is 4. The zero-order valence-corrected chi connectivity index (χ0v) is 14.2. The molecule has 0 spiro atoms. The summed E-state index contributed by atoms with van der Waals surface area (Å²) in [5, 5.41) is 19.8. The van der Waals surface area contributed by atoms with Gasteiger partial charge in [-0.25, -0.2) is 0 Å². The van der Waals surface area contributed by atoms with Crippen LogP contribution >= 0.6 is 0 Å². The molecule has 3 aromatic rings. The maximum absolute atomic E-state index is 12.3. The monoisotopic (exact) mass is 347 g/mol. The van der Waals surface area contributed by atoms with Crippen LogP contribution < -0.4 is 10.1 Å². The van der Waals surface area contributed by atoms with Gasteiger partial charge in [-0.3, -0.25) is 9.36 Å². The van der Waals surface area contributed by atoms with Gasteiger partial charge >= 0.3 is 0 Å². The Labute approximate surface area is 150 Å². The Bertz CT molecular complexity index is 930. The molecule has 0 saturated heterocycles. The summed E-state index contributed by atoms with van der Waals surface area (Å²) in [6.07, 6.45) is 0.845. The predicted octanol–water partition coefficient (Wildman–Crippen LogP) is 2.22. The van der Waals surface area contributed by atoms with Crippen molar-refractivity contribution < 1.29 is 9.53 Å². The fourth-order valence-corrected chi connectivity index (χ4v) is 2.40. The second-order valence-electron chi connectivity index (χ2n) is 5.54. The maximum Gasteiger partial charge on any atom is 0.261 e. The lowest BCUT2D eigenvalue weighted by Gasteiger charge is -2.15. The molecule has 2 aromatic carbocycles. The van der Waals surface area contributed by atoms with Gasteiger partial charge in [-0.2, -0.15) is 5.26 Å². The molecule has 1 unspecified atom stereocenters. The van der Waals surface area contributed by atoms with Crippen molar-refractivity contribution >= 4 is 5.91 Å². The maximum atomic E-state index is 12.3. The zero-order valence-electron chi connectivity index (χ0n) is 14.2. The van der Waals surface area contributed by atoms with Crippen LogP contribution in [0.25, 0.3) is 5.69 Å². The lowest BCUT2D eigenvalue weighted by molar-refractivity contribution is -0.127. The van der Waals surface area contributed by atoms with Crippen LogP contribution in [0.4, 0.5) is 0 Å². The van der Waals surface area contributed by atoms with Crippen LogP contribution in [0, 0.1) is 11.3 Å². The molecule has 1 amide bonds. The molecule has 1 atom stereocenters. The number of rotatable bonds is 6. The number of hydrogen-bond donors (Lipinski definition) is 1. The summed E-state index contributed by atoms with van der Waals surface area (Å²) in [4.78, 5) is 12.3. The summed E-state index contributed by atoms with van der Waals surface area (Å²) < 4.78 is 7.41. The molecular weight excluding hydrogens is 330 g/mol. The lowest BCUT2D eigenvalue weighted by atomic mass is 10.2. The summed E-state index contributed by atoms with van der Waals surface area (Å²) in [6.45, 7) is 1.84. The average molecular weight is 347 g/mol. The van der Waals surface area contributed by atoms with Gasteiger partial charge in [0, 0.05) is 5.69 Å². The molecule has 0 aliphatic rings. The van der Waals surface area contributed by atoms with E-state index in [1.54, 1.807) is 42.1 Å². The van der Waals surface area contributed by atoms with Crippen LogP contribution in [-0.2, 0) is 11.3 Å². The van der Waals surface area contributed by atoms with Gasteiger partial charge in [-0.15, -0.1) is 10.2 Å². The third-order valence-corrected chi connectivity index (χ3v) is 3.75. The van der Waals surface area contributed by atoms with Crippen molar-refractivity contribution in [1.82, 2.24) is 20.1 Å². The Kier molecular flexibility index (Phi) is 5.25. The van der Waals surface area contributed by atoms with E-state index in [1.807, 2.05) is 36.4 Å². The smallest absolute Gasteiger partial charge is 0.261 e. The standard InChI is InChI=1S/C19H17N5O2/c1-14(26-17-10-6-5-7-15(17)11-20)19(25)21-12-18-23-22-13-24(18)16-8-3-2-4-9-16/h2-10,13-14H,12H2,1H3,(H,21,25). The number of nitriles is 1. The van der Waals surface area contributed by atoms with Crippen molar-refractivity contribution in [3.63, 3.8) is 0 Å². The Morgan fingerprint density at radius 3 is 2.73 bits per heavy atom. The number of benzene rings is 2. The number of carbonyl (C=O) groups is 1. The molecule has 0 aliphatic heterocycles. The minimum atomic E-state index is -0.752. The van der Waals surface area contributed by atoms with E-state index in [0.29, 0.717) is 17.1 Å². The van der Waals surface area contributed by atoms with E-state index in [9.17, 15) is 4.79 Å². The molecule has 0 bridgehead atoms. The van der Waals surface area contributed by atoms with Gasteiger partial charge in [0.2, 0.25) is 0 Å². The van der Waals surface area contributed by atoms with Crippen LogP contribution in [-0.4, -0.2) is 26.8 Å². The summed E-state index contributed by atoms with van der Waals surface area (Å²) in [6, 6.07) is 18.5. The molecule has 1 N–H and O–H groups in total. The molecular formula is C19H17N5O2. The lowest BCUT2D eigenvalue weighted by Crippen LogP contribution is -2.36. The zero-order chi connectivity index (χ0) is 18.4. The van der Waals surface area contributed by atoms with Gasteiger partial charge in [0.15, 0.2) is 11.9 Å². The van der Waals surface area contributed by atoms with Crippen molar-refractivity contribution in [2.24, 2.45) is 0 Å². The molecule has 7 nitrogen and oxygen atoms in total. The number of aromatic nitrogens is 3. The molecule has 3 rings (SSSR count). The third-order valence-electron chi connectivity index (χ3n) is 3.75. The van der Waals surface area contributed by atoms with E-state index in [0.717, 1.165) is 5.69 Å². The van der Waals surface area contributed by atoms with E-state index in [1.165, 1.54) is 0 Å². The van der Waals surface area contributed by atoms with Gasteiger partial charge in [-0.1, -0.05) is 30.3 Å². The Balaban J connectivity index is 1.63. The Morgan fingerprint density at radius 1 is 1.23 bits per heavy atom. The summed E-state index contributed by atoms with van der Waals surface area (Å²) in [5.74, 6) is 0.680. The van der Waals surface area contributed by atoms with E-state index in [2.05, 4.69) is 15.5 Å². The third kappa shape index (κ3) is 3.87. The first-order chi connectivity index (χ1) is 12.7. The average Bonchev–Trinajstić information content (AvgIpc) is 3.15. The van der Waals surface area contributed by atoms with E-state index >= 15 is 0 Å². The highest BCUT2D eigenvalue weighted by molar-refractivity contribution is 5.80. The van der Waals surface area contributed by atoms with Crippen molar-refractivity contribution in [3.05, 3.63) is 72.3 Å². The van der Waals surface area contributed by atoms with E-state index < -0.39 is 6.10 Å². The van der Waals surface area contributed by atoms with Crippen molar-refractivity contribution in [2.75, 3.05) is 0 Å². The quantitative estimate of drug-likeness (QED) is 0.738. The molecule has 7 heteroatoms. The van der Waals surface area contributed by atoms with Gasteiger partial charge in [0.1, 0.15) is 18.1 Å². The van der Waals surface area contributed by atoms with Crippen LogP contribution in [0.3, 0.4) is 0 Å². The minimum Gasteiger partial charge on any atom is -0.480 e. The van der Waals surface area contributed by atoms with Crippen molar-refractivity contribution in [3.8, 4) is 17.5 Å². The molecule has 0 aliphatic carbocycles. The normalized spacial score (nSPS) is 11.4. The van der Waals surface area contributed by atoms with Crippen LogP contribution in [0.1, 0.15) is 18.3 Å². The van der Waals surface area contributed by atoms with Crippen molar-refractivity contribution in [2.45, 2.75) is 19.6 Å². The fourth-order valence-electron chi connectivity index (χ4n) is 2.40. The summed E-state index contributed by atoms with van der Waals surface area (Å²) in [7, 11) is 0. The summed E-state index contributed by atoms with van der Waals surface area (Å²) in [5.41, 5.74) is 1.30. The van der Waals surface area contributed by atoms with Gasteiger partial charge < -0.3 is 10.1 Å². The molecule has 26 heavy (non-hydrogen) atoms. The van der Waals surface area contributed by atoms with Gasteiger partial charge in [0.05, 0.1) is 12.1 Å². The summed E-state index contributed by atoms with van der Waals surface area (Å²) >= 11 is 0. The first kappa shape index (κ1) is 17.2. The molecule has 1 heterocycles. The highest BCUT2D eigenvalue weighted by Crippen LogP contribution is 2.18. The molecule has 0 fully saturated rings. The minimum absolute atomic E-state index is 0.210. The number of carbonyl (C=O) groups excluding carboxylic acids is 1. The van der Waals surface area contributed by atoms with E-state index in [4.69, 9.17) is 10.00 Å². The number of ether oxygens (including phenoxy) is 1. The van der Waals surface area contributed by atoms with Crippen LogP contribution in [0.5, 0.6) is 5.75 Å². The fraction of sp³-hybridized carbons (Fsp3) is 0.158. The highest BCUT2D eigenvalue weighted by Gasteiger charge is 2.17. The Morgan fingerprint density at radius 2 is 1.96 bits per heavy atom. The van der Waals surface area contributed by atoms with Crippen LogP contribution in [0.2, 0.25) is 0 Å². The number of nitrogens with one attached hydrogen (secondary N) is 1. The molecule has 1 aromatic heterocycles. The second-order valence-corrected chi connectivity index (χ2v) is 5.54. The number of hydrogen-bond acceptors (Lipinski definition) is 5. The topological polar surface area (TPSA) is 92.8 Å². The molecule has 130 valence electrons. The van der Waals surface area contributed by atoms with Gasteiger partial charge in [-0.05, 0) is 31.2 Å². The first-order valence-corrected chi connectivity index (χ1v) is 8.07.